The highest BCUT2D eigenvalue weighted by atomic mass is 79.9. The molecule has 1 rings (SSSR count). The van der Waals surface area contributed by atoms with Gasteiger partial charge in [-0.3, -0.25) is 0 Å². The van der Waals surface area contributed by atoms with Gasteiger partial charge in [0.15, 0.2) is 0 Å². The molecule has 0 aliphatic carbocycles. The fraction of sp³-hybridized carbons (Fsp3) is 0.545. The predicted octanol–water partition coefficient (Wildman–Crippen LogP) is 2.90. The van der Waals surface area contributed by atoms with Crippen LogP contribution in [0.15, 0.2) is 16.7 Å². The number of nitrogens with zero attached hydrogens (tertiary/aromatic N) is 1. The van der Waals surface area contributed by atoms with E-state index < -0.39 is 0 Å². The molecule has 1 aromatic heterocycles. The van der Waals surface area contributed by atoms with Crippen molar-refractivity contribution in [1.82, 2.24) is 4.98 Å². The lowest BCUT2D eigenvalue weighted by atomic mass is 10.1. The number of halogens is 1. The Bertz CT molecular complexity index is 339. The lowest BCUT2D eigenvalue weighted by Gasteiger charge is -2.25. The first-order valence-electron chi connectivity index (χ1n) is 4.93. The highest BCUT2D eigenvalue weighted by molar-refractivity contribution is 9.10. The van der Waals surface area contributed by atoms with Gasteiger partial charge in [-0.15, -0.1) is 0 Å². The van der Waals surface area contributed by atoms with Crippen molar-refractivity contribution in [2.45, 2.75) is 39.4 Å². The normalized spacial score (nSPS) is 11.5. The van der Waals surface area contributed by atoms with E-state index in [1.807, 2.05) is 19.9 Å². The van der Waals surface area contributed by atoms with Crippen molar-refractivity contribution in [3.63, 3.8) is 0 Å². The summed E-state index contributed by atoms with van der Waals surface area (Å²) in [7, 11) is 0. The summed E-state index contributed by atoms with van der Waals surface area (Å²) in [6, 6.07) is 1.81. The maximum Gasteiger partial charge on any atom is 0.219 e. The molecule has 0 aromatic carbocycles. The molecular weight excluding hydrogens is 258 g/mol. The van der Waals surface area contributed by atoms with E-state index in [1.54, 1.807) is 6.20 Å². The standard InChI is InChI=1S/C11H16BrNO2/c1-4-11(2,3)15-10-8(7-14)5-9(12)6-13-10/h5-6,14H,4,7H2,1-3H3. The van der Waals surface area contributed by atoms with E-state index in [0.717, 1.165) is 10.9 Å². The van der Waals surface area contributed by atoms with Crippen molar-refractivity contribution in [3.8, 4) is 5.88 Å². The van der Waals surface area contributed by atoms with Crippen molar-refractivity contribution >= 4 is 15.9 Å². The molecule has 1 aromatic rings. The lowest BCUT2D eigenvalue weighted by molar-refractivity contribution is 0.0951. The molecule has 4 heteroatoms. The van der Waals surface area contributed by atoms with Gasteiger partial charge >= 0.3 is 0 Å². The van der Waals surface area contributed by atoms with Crippen molar-refractivity contribution < 1.29 is 9.84 Å². The van der Waals surface area contributed by atoms with Crippen LogP contribution in [0.1, 0.15) is 32.8 Å². The Hall–Kier alpha value is -0.610. The van der Waals surface area contributed by atoms with Crippen LogP contribution >= 0.6 is 15.9 Å². The molecule has 1 heterocycles. The Morgan fingerprint density at radius 2 is 2.20 bits per heavy atom. The van der Waals surface area contributed by atoms with Crippen LogP contribution in [0.3, 0.4) is 0 Å². The van der Waals surface area contributed by atoms with E-state index in [0.29, 0.717) is 11.4 Å². The number of pyridine rings is 1. The number of rotatable bonds is 4. The summed E-state index contributed by atoms with van der Waals surface area (Å²) in [5.41, 5.74) is 0.441. The SMILES string of the molecule is CCC(C)(C)Oc1ncc(Br)cc1CO. The Balaban J connectivity index is 2.94. The van der Waals surface area contributed by atoms with Crippen LogP contribution in [-0.4, -0.2) is 15.7 Å². The molecule has 0 aliphatic heterocycles. The van der Waals surface area contributed by atoms with E-state index in [4.69, 9.17) is 4.74 Å². The topological polar surface area (TPSA) is 42.4 Å². The number of aromatic nitrogens is 1. The van der Waals surface area contributed by atoms with Gasteiger partial charge in [-0.25, -0.2) is 4.98 Å². The molecule has 0 atom stereocenters. The minimum atomic E-state index is -0.259. The molecule has 3 nitrogen and oxygen atoms in total. The van der Waals surface area contributed by atoms with E-state index in [-0.39, 0.29) is 12.2 Å². The van der Waals surface area contributed by atoms with Crippen molar-refractivity contribution in [3.05, 3.63) is 22.3 Å². The van der Waals surface area contributed by atoms with Crippen molar-refractivity contribution in [2.75, 3.05) is 0 Å². The zero-order valence-corrected chi connectivity index (χ0v) is 10.8. The molecule has 0 fully saturated rings. The summed E-state index contributed by atoms with van der Waals surface area (Å²) in [5, 5.41) is 9.17. The minimum absolute atomic E-state index is 0.0679. The number of ether oxygens (including phenoxy) is 1. The zero-order chi connectivity index (χ0) is 11.5. The molecule has 1 N–H and O–H groups in total. The fourth-order valence-electron chi connectivity index (χ4n) is 1.01. The Labute approximate surface area is 98.6 Å². The zero-order valence-electron chi connectivity index (χ0n) is 9.25. The van der Waals surface area contributed by atoms with Gasteiger partial charge in [-0.05, 0) is 42.3 Å². The first-order chi connectivity index (χ1) is 6.98. The van der Waals surface area contributed by atoms with Crippen molar-refractivity contribution in [2.24, 2.45) is 0 Å². The molecule has 84 valence electrons. The molecule has 0 spiro atoms. The Morgan fingerprint density at radius 3 is 2.73 bits per heavy atom. The summed E-state index contributed by atoms with van der Waals surface area (Å²) in [5.74, 6) is 0.507. The molecule has 0 unspecified atom stereocenters. The van der Waals surface area contributed by atoms with Gasteiger partial charge < -0.3 is 9.84 Å². The monoisotopic (exact) mass is 273 g/mol. The smallest absolute Gasteiger partial charge is 0.219 e. The second-order valence-corrected chi connectivity index (χ2v) is 4.91. The quantitative estimate of drug-likeness (QED) is 0.918. The van der Waals surface area contributed by atoms with E-state index in [9.17, 15) is 5.11 Å². The highest BCUT2D eigenvalue weighted by Gasteiger charge is 2.19. The third-order valence-corrected chi connectivity index (χ3v) is 2.72. The maximum absolute atomic E-state index is 9.17. The van der Waals surface area contributed by atoms with E-state index in [2.05, 4.69) is 27.8 Å². The molecule has 0 saturated carbocycles. The summed E-state index contributed by atoms with van der Waals surface area (Å²) in [4.78, 5) is 4.15. The molecule has 15 heavy (non-hydrogen) atoms. The molecule has 0 bridgehead atoms. The number of hydrogen-bond acceptors (Lipinski definition) is 3. The number of hydrogen-bond donors (Lipinski definition) is 1. The number of aliphatic hydroxyl groups excluding tert-OH is 1. The fourth-order valence-corrected chi connectivity index (χ4v) is 1.39. The van der Waals surface area contributed by atoms with E-state index >= 15 is 0 Å². The second kappa shape index (κ2) is 4.94. The molecule has 0 saturated heterocycles. The van der Waals surface area contributed by atoms with Gasteiger partial charge in [0.05, 0.1) is 6.61 Å². The minimum Gasteiger partial charge on any atom is -0.471 e. The maximum atomic E-state index is 9.17. The first kappa shape index (κ1) is 12.5. The Kier molecular flexibility index (Phi) is 4.11. The summed E-state index contributed by atoms with van der Waals surface area (Å²) in [6.45, 7) is 5.98. The largest absolute Gasteiger partial charge is 0.471 e. The molecule has 0 radical (unpaired) electrons. The third-order valence-electron chi connectivity index (χ3n) is 2.29. The van der Waals surface area contributed by atoms with Crippen LogP contribution in [0.25, 0.3) is 0 Å². The average molecular weight is 274 g/mol. The highest BCUT2D eigenvalue weighted by Crippen LogP contribution is 2.25. The van der Waals surface area contributed by atoms with Crippen LogP contribution in [0, 0.1) is 0 Å². The van der Waals surface area contributed by atoms with Gasteiger partial charge in [-0.1, -0.05) is 6.92 Å². The second-order valence-electron chi connectivity index (χ2n) is 3.99. The van der Waals surface area contributed by atoms with Gasteiger partial charge in [0.2, 0.25) is 5.88 Å². The molecular formula is C11H16BrNO2. The van der Waals surface area contributed by atoms with Gasteiger partial charge in [0.25, 0.3) is 0 Å². The van der Waals surface area contributed by atoms with Gasteiger partial charge in [-0.2, -0.15) is 0 Å². The first-order valence-corrected chi connectivity index (χ1v) is 5.72. The van der Waals surface area contributed by atoms with Crippen LogP contribution in [0.5, 0.6) is 5.88 Å². The van der Waals surface area contributed by atoms with Crippen LogP contribution < -0.4 is 4.74 Å². The summed E-state index contributed by atoms with van der Waals surface area (Å²) >= 11 is 3.30. The van der Waals surface area contributed by atoms with Crippen molar-refractivity contribution in [1.29, 1.82) is 0 Å². The average Bonchev–Trinajstić information content (AvgIpc) is 2.20. The predicted molar refractivity (Wildman–Crippen MR) is 62.9 cm³/mol. The third kappa shape index (κ3) is 3.47. The van der Waals surface area contributed by atoms with E-state index in [1.165, 1.54) is 0 Å². The lowest BCUT2D eigenvalue weighted by Crippen LogP contribution is -2.27. The summed E-state index contributed by atoms with van der Waals surface area (Å²) < 4.78 is 6.58. The van der Waals surface area contributed by atoms with Crippen LogP contribution in [0.2, 0.25) is 0 Å². The van der Waals surface area contributed by atoms with Crippen LogP contribution in [0.4, 0.5) is 0 Å². The van der Waals surface area contributed by atoms with Gasteiger partial charge in [0, 0.05) is 16.2 Å². The Morgan fingerprint density at radius 1 is 1.53 bits per heavy atom. The number of aliphatic hydroxyl groups is 1. The summed E-state index contributed by atoms with van der Waals surface area (Å²) in [6.07, 6.45) is 2.55. The molecule has 0 aliphatic rings. The molecule has 0 amide bonds. The van der Waals surface area contributed by atoms with Gasteiger partial charge in [0.1, 0.15) is 5.60 Å². The van der Waals surface area contributed by atoms with Crippen LogP contribution in [-0.2, 0) is 6.61 Å².